The van der Waals surface area contributed by atoms with Gasteiger partial charge in [0.1, 0.15) is 0 Å². The zero-order chi connectivity index (χ0) is 14.5. The third kappa shape index (κ3) is 3.20. The highest BCUT2D eigenvalue weighted by Crippen LogP contribution is 2.18. The smallest absolute Gasteiger partial charge is 0.328 e. The SMILES string of the molecule is Cc1ccc(C=CC(=O)O)c(C(=O)c2ccccc2)c1. The van der Waals surface area contributed by atoms with Gasteiger partial charge >= 0.3 is 5.97 Å². The number of carboxylic acids is 1. The standard InChI is InChI=1S/C17H14O3/c1-12-7-8-13(9-10-16(18)19)15(11-12)17(20)14-5-3-2-4-6-14/h2-11H,1H3,(H,18,19). The third-order valence-electron chi connectivity index (χ3n) is 2.89. The second kappa shape index (κ2) is 5.97. The molecule has 2 aromatic rings. The molecule has 0 aliphatic rings. The van der Waals surface area contributed by atoms with Crippen LogP contribution in [-0.2, 0) is 4.79 Å². The minimum absolute atomic E-state index is 0.112. The van der Waals surface area contributed by atoms with E-state index < -0.39 is 5.97 Å². The molecular formula is C17H14O3. The van der Waals surface area contributed by atoms with Crippen molar-refractivity contribution >= 4 is 17.8 Å². The number of hydrogen-bond acceptors (Lipinski definition) is 2. The molecule has 2 aromatic carbocycles. The maximum absolute atomic E-state index is 12.5. The van der Waals surface area contributed by atoms with E-state index in [1.807, 2.05) is 19.1 Å². The van der Waals surface area contributed by atoms with E-state index in [4.69, 9.17) is 5.11 Å². The Morgan fingerprint density at radius 1 is 1.05 bits per heavy atom. The maximum Gasteiger partial charge on any atom is 0.328 e. The molecule has 0 spiro atoms. The molecule has 0 amide bonds. The largest absolute Gasteiger partial charge is 0.478 e. The Morgan fingerprint density at radius 2 is 1.75 bits per heavy atom. The van der Waals surface area contributed by atoms with Gasteiger partial charge in [0.05, 0.1) is 0 Å². The summed E-state index contributed by atoms with van der Waals surface area (Å²) in [5.74, 6) is -1.15. The summed E-state index contributed by atoms with van der Waals surface area (Å²) in [5, 5.41) is 8.70. The Labute approximate surface area is 117 Å². The van der Waals surface area contributed by atoms with Gasteiger partial charge in [-0.05, 0) is 24.6 Å². The van der Waals surface area contributed by atoms with Crippen LogP contribution in [-0.4, -0.2) is 16.9 Å². The predicted molar refractivity (Wildman–Crippen MR) is 77.7 cm³/mol. The van der Waals surface area contributed by atoms with E-state index in [2.05, 4.69) is 0 Å². The van der Waals surface area contributed by atoms with Crippen molar-refractivity contribution in [3.05, 3.63) is 76.9 Å². The van der Waals surface area contributed by atoms with Crippen molar-refractivity contribution < 1.29 is 14.7 Å². The van der Waals surface area contributed by atoms with Crippen LogP contribution in [0.5, 0.6) is 0 Å². The first-order valence-corrected chi connectivity index (χ1v) is 6.19. The molecule has 100 valence electrons. The topological polar surface area (TPSA) is 54.4 Å². The summed E-state index contributed by atoms with van der Waals surface area (Å²) < 4.78 is 0. The molecule has 0 unspecified atom stereocenters. The molecule has 3 nitrogen and oxygen atoms in total. The maximum atomic E-state index is 12.5. The first-order valence-electron chi connectivity index (χ1n) is 6.19. The van der Waals surface area contributed by atoms with Gasteiger partial charge in [0.25, 0.3) is 0 Å². The lowest BCUT2D eigenvalue weighted by Gasteiger charge is -2.07. The third-order valence-corrected chi connectivity index (χ3v) is 2.89. The summed E-state index contributed by atoms with van der Waals surface area (Å²) in [5.41, 5.74) is 2.65. The fourth-order valence-corrected chi connectivity index (χ4v) is 1.92. The van der Waals surface area contributed by atoms with Crippen molar-refractivity contribution in [3.8, 4) is 0 Å². The van der Waals surface area contributed by atoms with Crippen LogP contribution in [0.2, 0.25) is 0 Å². The van der Waals surface area contributed by atoms with Crippen LogP contribution in [0.4, 0.5) is 0 Å². The fourth-order valence-electron chi connectivity index (χ4n) is 1.92. The second-order valence-corrected chi connectivity index (χ2v) is 4.46. The van der Waals surface area contributed by atoms with Crippen LogP contribution in [0.15, 0.2) is 54.6 Å². The Balaban J connectivity index is 2.47. The molecule has 2 rings (SSSR count). The summed E-state index contributed by atoms with van der Waals surface area (Å²) in [6.45, 7) is 1.90. The molecule has 0 saturated carbocycles. The number of ketones is 1. The lowest BCUT2D eigenvalue weighted by Crippen LogP contribution is -2.04. The van der Waals surface area contributed by atoms with Crippen LogP contribution < -0.4 is 0 Å². The molecule has 1 N–H and O–H groups in total. The minimum Gasteiger partial charge on any atom is -0.478 e. The Hall–Kier alpha value is -2.68. The first kappa shape index (κ1) is 13.7. The molecule has 0 saturated heterocycles. The van der Waals surface area contributed by atoms with Crippen LogP contribution in [0, 0.1) is 6.92 Å². The molecule has 0 aromatic heterocycles. The van der Waals surface area contributed by atoms with Crippen molar-refractivity contribution in [2.24, 2.45) is 0 Å². The van der Waals surface area contributed by atoms with Crippen LogP contribution >= 0.6 is 0 Å². The van der Waals surface area contributed by atoms with Gasteiger partial charge in [-0.3, -0.25) is 4.79 Å². The van der Waals surface area contributed by atoms with Crippen molar-refractivity contribution in [1.29, 1.82) is 0 Å². The highest BCUT2D eigenvalue weighted by Gasteiger charge is 2.12. The molecule has 0 aliphatic heterocycles. The van der Waals surface area contributed by atoms with Crippen LogP contribution in [0.1, 0.15) is 27.0 Å². The van der Waals surface area contributed by atoms with Gasteiger partial charge in [-0.25, -0.2) is 4.79 Å². The zero-order valence-corrected chi connectivity index (χ0v) is 11.0. The highest BCUT2D eigenvalue weighted by atomic mass is 16.4. The highest BCUT2D eigenvalue weighted by molar-refractivity contribution is 6.11. The number of rotatable bonds is 4. The molecule has 0 fully saturated rings. The van der Waals surface area contributed by atoms with E-state index in [1.54, 1.807) is 36.4 Å². The van der Waals surface area contributed by atoms with E-state index in [1.165, 1.54) is 6.08 Å². The van der Waals surface area contributed by atoms with Gasteiger partial charge in [0.2, 0.25) is 0 Å². The van der Waals surface area contributed by atoms with Gasteiger partial charge in [0.15, 0.2) is 5.78 Å². The lowest BCUT2D eigenvalue weighted by atomic mass is 9.96. The predicted octanol–water partition coefficient (Wildman–Crippen LogP) is 3.32. The van der Waals surface area contributed by atoms with Crippen molar-refractivity contribution in [3.63, 3.8) is 0 Å². The summed E-state index contributed by atoms with van der Waals surface area (Å²) in [6, 6.07) is 14.3. The van der Waals surface area contributed by atoms with Crippen molar-refractivity contribution in [2.45, 2.75) is 6.92 Å². The molecule has 3 heteroatoms. The van der Waals surface area contributed by atoms with Gasteiger partial charge in [-0.15, -0.1) is 0 Å². The molecular weight excluding hydrogens is 252 g/mol. The van der Waals surface area contributed by atoms with E-state index in [-0.39, 0.29) is 5.78 Å². The van der Waals surface area contributed by atoms with Crippen molar-refractivity contribution in [2.75, 3.05) is 0 Å². The van der Waals surface area contributed by atoms with Gasteiger partial charge in [-0.2, -0.15) is 0 Å². The number of aliphatic carboxylic acids is 1. The first-order chi connectivity index (χ1) is 9.58. The minimum atomic E-state index is -1.04. The van der Waals surface area contributed by atoms with Crippen molar-refractivity contribution in [1.82, 2.24) is 0 Å². The number of carboxylic acid groups (broad SMARTS) is 1. The molecule has 0 radical (unpaired) electrons. The Morgan fingerprint density at radius 3 is 2.40 bits per heavy atom. The van der Waals surface area contributed by atoms with Crippen LogP contribution in [0.25, 0.3) is 6.08 Å². The Bertz CT molecular complexity index is 670. The van der Waals surface area contributed by atoms with Crippen LogP contribution in [0.3, 0.4) is 0 Å². The number of benzene rings is 2. The van der Waals surface area contributed by atoms with E-state index in [0.717, 1.165) is 11.6 Å². The monoisotopic (exact) mass is 266 g/mol. The molecule has 0 atom stereocenters. The quantitative estimate of drug-likeness (QED) is 0.682. The summed E-state index contributed by atoms with van der Waals surface area (Å²) >= 11 is 0. The summed E-state index contributed by atoms with van der Waals surface area (Å²) in [4.78, 5) is 23.1. The van der Waals surface area contributed by atoms with Gasteiger partial charge < -0.3 is 5.11 Å². The molecule has 0 aliphatic carbocycles. The zero-order valence-electron chi connectivity index (χ0n) is 11.0. The summed E-state index contributed by atoms with van der Waals surface area (Å²) in [7, 11) is 0. The molecule has 0 bridgehead atoms. The second-order valence-electron chi connectivity index (χ2n) is 4.46. The normalized spacial score (nSPS) is 10.7. The fraction of sp³-hybridized carbons (Fsp3) is 0.0588. The van der Waals surface area contributed by atoms with Gasteiger partial charge in [0, 0.05) is 17.2 Å². The van der Waals surface area contributed by atoms with Gasteiger partial charge in [-0.1, -0.05) is 48.0 Å². The average Bonchev–Trinajstić information content (AvgIpc) is 2.46. The average molecular weight is 266 g/mol. The lowest BCUT2D eigenvalue weighted by molar-refractivity contribution is -0.131. The number of hydrogen-bond donors (Lipinski definition) is 1. The van der Waals surface area contributed by atoms with E-state index >= 15 is 0 Å². The summed E-state index contributed by atoms with van der Waals surface area (Å²) in [6.07, 6.45) is 2.48. The number of aryl methyl sites for hydroxylation is 1. The molecule has 20 heavy (non-hydrogen) atoms. The number of carbonyl (C=O) groups is 2. The molecule has 0 heterocycles. The van der Waals surface area contributed by atoms with E-state index in [9.17, 15) is 9.59 Å². The number of carbonyl (C=O) groups excluding carboxylic acids is 1. The Kier molecular flexibility index (Phi) is 4.11. The van der Waals surface area contributed by atoms with E-state index in [0.29, 0.717) is 16.7 Å².